The van der Waals surface area contributed by atoms with E-state index in [0.717, 1.165) is 11.1 Å². The molecule has 1 N–H and O–H groups in total. The van der Waals surface area contributed by atoms with Crippen LogP contribution in [0.4, 0.5) is 5.82 Å². The molecule has 0 atom stereocenters. The van der Waals surface area contributed by atoms with Gasteiger partial charge in [-0.1, -0.05) is 72.3 Å². The normalized spacial score (nSPS) is 10.8. The van der Waals surface area contributed by atoms with Gasteiger partial charge in [-0.15, -0.1) is 0 Å². The summed E-state index contributed by atoms with van der Waals surface area (Å²) >= 11 is 6.05. The summed E-state index contributed by atoms with van der Waals surface area (Å²) in [5.41, 5.74) is 4.78. The molecule has 0 radical (unpaired) electrons. The van der Waals surface area contributed by atoms with E-state index >= 15 is 0 Å². The molecule has 1 heterocycles. The van der Waals surface area contributed by atoms with Crippen molar-refractivity contribution in [2.24, 2.45) is 5.10 Å². The Hall–Kier alpha value is -2.72. The van der Waals surface area contributed by atoms with E-state index in [1.807, 2.05) is 60.7 Å². The average molecular weight is 309 g/mol. The van der Waals surface area contributed by atoms with Crippen LogP contribution in [0.15, 0.2) is 71.8 Å². The lowest BCUT2D eigenvalue weighted by Crippen LogP contribution is -1.97. The lowest BCUT2D eigenvalue weighted by Gasteiger charge is -2.04. The van der Waals surface area contributed by atoms with E-state index in [9.17, 15) is 0 Å². The van der Waals surface area contributed by atoms with Crippen molar-refractivity contribution in [2.45, 2.75) is 0 Å². The van der Waals surface area contributed by atoms with E-state index in [1.165, 1.54) is 0 Å². The van der Waals surface area contributed by atoms with Crippen LogP contribution in [0.2, 0.25) is 5.15 Å². The molecule has 0 spiro atoms. The highest BCUT2D eigenvalue weighted by atomic mass is 35.5. The molecule has 3 rings (SSSR count). The van der Waals surface area contributed by atoms with Crippen molar-refractivity contribution in [3.63, 3.8) is 0 Å². The standard InChI is InChI=1S/C17H13ClN4/c18-15-11-16(22-19-12-13-7-3-1-4-8-13)21-17(20-15)14-9-5-2-6-10-14/h1-12H,(H,20,21,22)/b19-12-. The van der Waals surface area contributed by atoms with E-state index in [-0.39, 0.29) is 0 Å². The monoisotopic (exact) mass is 308 g/mol. The number of rotatable bonds is 4. The van der Waals surface area contributed by atoms with Crippen LogP contribution in [0.1, 0.15) is 5.56 Å². The second-order valence-corrected chi connectivity index (χ2v) is 4.93. The van der Waals surface area contributed by atoms with Crippen molar-refractivity contribution in [2.75, 3.05) is 5.43 Å². The maximum Gasteiger partial charge on any atom is 0.163 e. The molecule has 0 amide bonds. The molecule has 0 aliphatic heterocycles. The number of hydrogen-bond donors (Lipinski definition) is 1. The highest BCUT2D eigenvalue weighted by molar-refractivity contribution is 6.29. The first-order chi connectivity index (χ1) is 10.8. The van der Waals surface area contributed by atoms with Crippen LogP contribution < -0.4 is 5.43 Å². The SMILES string of the molecule is Clc1cc(N/N=C\c2ccccc2)nc(-c2ccccc2)n1. The van der Waals surface area contributed by atoms with Crippen molar-refractivity contribution in [1.82, 2.24) is 9.97 Å². The summed E-state index contributed by atoms with van der Waals surface area (Å²) in [7, 11) is 0. The van der Waals surface area contributed by atoms with E-state index in [1.54, 1.807) is 12.3 Å². The highest BCUT2D eigenvalue weighted by Gasteiger charge is 2.04. The number of nitrogens with zero attached hydrogens (tertiary/aromatic N) is 3. The first-order valence-electron chi connectivity index (χ1n) is 6.75. The van der Waals surface area contributed by atoms with Crippen LogP contribution in [0.25, 0.3) is 11.4 Å². The maximum absolute atomic E-state index is 6.05. The third kappa shape index (κ3) is 3.68. The van der Waals surface area contributed by atoms with Crippen molar-refractivity contribution < 1.29 is 0 Å². The number of hydrogen-bond acceptors (Lipinski definition) is 4. The van der Waals surface area contributed by atoms with Gasteiger partial charge in [-0.05, 0) is 5.56 Å². The summed E-state index contributed by atoms with van der Waals surface area (Å²) in [5.74, 6) is 1.11. The second kappa shape index (κ2) is 6.83. The fourth-order valence-corrected chi connectivity index (χ4v) is 2.09. The zero-order valence-corrected chi connectivity index (χ0v) is 12.4. The third-order valence-electron chi connectivity index (χ3n) is 2.92. The zero-order valence-electron chi connectivity index (χ0n) is 11.6. The van der Waals surface area contributed by atoms with Crippen molar-refractivity contribution in [1.29, 1.82) is 0 Å². The van der Waals surface area contributed by atoms with Gasteiger partial charge in [0.1, 0.15) is 5.15 Å². The summed E-state index contributed by atoms with van der Waals surface area (Å²) in [5, 5.41) is 4.53. The first kappa shape index (κ1) is 14.2. The minimum atomic E-state index is 0.367. The Labute approximate surface area is 133 Å². The van der Waals surface area contributed by atoms with Gasteiger partial charge in [0, 0.05) is 11.6 Å². The molecule has 0 saturated heterocycles. The fraction of sp³-hybridized carbons (Fsp3) is 0. The molecule has 0 fully saturated rings. The Morgan fingerprint density at radius 1 is 0.909 bits per heavy atom. The third-order valence-corrected chi connectivity index (χ3v) is 3.11. The van der Waals surface area contributed by atoms with Gasteiger partial charge < -0.3 is 0 Å². The number of aromatic nitrogens is 2. The Morgan fingerprint density at radius 3 is 2.32 bits per heavy atom. The van der Waals surface area contributed by atoms with Gasteiger partial charge in [0.05, 0.1) is 6.21 Å². The highest BCUT2D eigenvalue weighted by Crippen LogP contribution is 2.19. The number of nitrogens with one attached hydrogen (secondary N) is 1. The molecular formula is C17H13ClN4. The molecule has 4 nitrogen and oxygen atoms in total. The molecule has 5 heteroatoms. The maximum atomic E-state index is 6.05. The first-order valence-corrected chi connectivity index (χ1v) is 7.13. The molecule has 0 bridgehead atoms. The molecule has 108 valence electrons. The lowest BCUT2D eigenvalue weighted by molar-refractivity contribution is 1.15. The van der Waals surface area contributed by atoms with E-state index in [4.69, 9.17) is 11.6 Å². The smallest absolute Gasteiger partial charge is 0.163 e. The molecule has 0 aliphatic rings. The summed E-state index contributed by atoms with van der Waals surface area (Å²) < 4.78 is 0. The molecule has 1 aromatic heterocycles. The quantitative estimate of drug-likeness (QED) is 0.445. The van der Waals surface area contributed by atoms with Crippen molar-refractivity contribution in [3.8, 4) is 11.4 Å². The topological polar surface area (TPSA) is 50.2 Å². The molecule has 2 aromatic carbocycles. The van der Waals surface area contributed by atoms with Crippen molar-refractivity contribution in [3.05, 3.63) is 77.4 Å². The fourth-order valence-electron chi connectivity index (χ4n) is 1.90. The van der Waals surface area contributed by atoms with Crippen LogP contribution in [0.3, 0.4) is 0 Å². The van der Waals surface area contributed by atoms with Gasteiger partial charge in [-0.2, -0.15) is 5.10 Å². The van der Waals surface area contributed by atoms with Gasteiger partial charge in [0.2, 0.25) is 0 Å². The van der Waals surface area contributed by atoms with Gasteiger partial charge in [0.15, 0.2) is 11.6 Å². The summed E-state index contributed by atoms with van der Waals surface area (Å²) in [6.07, 6.45) is 1.72. The predicted octanol–water partition coefficient (Wildman–Crippen LogP) is 4.24. The van der Waals surface area contributed by atoms with Crippen LogP contribution in [-0.2, 0) is 0 Å². The van der Waals surface area contributed by atoms with Crippen molar-refractivity contribution >= 4 is 23.6 Å². The second-order valence-electron chi connectivity index (χ2n) is 4.55. The number of hydrazone groups is 1. The Morgan fingerprint density at radius 2 is 1.59 bits per heavy atom. The van der Waals surface area contributed by atoms with E-state index < -0.39 is 0 Å². The molecule has 22 heavy (non-hydrogen) atoms. The summed E-state index contributed by atoms with van der Waals surface area (Å²) in [4.78, 5) is 8.65. The number of halogens is 1. The summed E-state index contributed by atoms with van der Waals surface area (Å²) in [6.45, 7) is 0. The van der Waals surface area contributed by atoms with E-state index in [2.05, 4.69) is 20.5 Å². The number of benzene rings is 2. The number of anilines is 1. The molecule has 0 aliphatic carbocycles. The van der Waals surface area contributed by atoms with Crippen LogP contribution in [0, 0.1) is 0 Å². The van der Waals surface area contributed by atoms with Gasteiger partial charge >= 0.3 is 0 Å². The Kier molecular flexibility index (Phi) is 4.41. The minimum absolute atomic E-state index is 0.367. The molecular weight excluding hydrogens is 296 g/mol. The van der Waals surface area contributed by atoms with Crippen LogP contribution in [0.5, 0.6) is 0 Å². The minimum Gasteiger partial charge on any atom is -0.261 e. The molecule has 3 aromatic rings. The van der Waals surface area contributed by atoms with Gasteiger partial charge in [-0.25, -0.2) is 9.97 Å². The van der Waals surface area contributed by atoms with Crippen LogP contribution in [-0.4, -0.2) is 16.2 Å². The largest absolute Gasteiger partial charge is 0.261 e. The Balaban J connectivity index is 1.80. The summed E-state index contributed by atoms with van der Waals surface area (Å²) in [6, 6.07) is 21.1. The predicted molar refractivity (Wildman–Crippen MR) is 90.1 cm³/mol. The molecule has 0 unspecified atom stereocenters. The van der Waals surface area contributed by atoms with E-state index in [0.29, 0.717) is 16.8 Å². The Bertz CT molecular complexity index is 773. The van der Waals surface area contributed by atoms with Crippen LogP contribution >= 0.6 is 11.6 Å². The molecule has 0 saturated carbocycles. The van der Waals surface area contributed by atoms with Gasteiger partial charge in [-0.3, -0.25) is 5.43 Å². The van der Waals surface area contributed by atoms with Gasteiger partial charge in [0.25, 0.3) is 0 Å². The lowest BCUT2D eigenvalue weighted by atomic mass is 10.2. The zero-order chi connectivity index (χ0) is 15.2. The average Bonchev–Trinajstić information content (AvgIpc) is 2.56.